The van der Waals surface area contributed by atoms with Crippen LogP contribution in [0.15, 0.2) is 12.1 Å². The summed E-state index contributed by atoms with van der Waals surface area (Å²) in [5, 5.41) is 3.43. The van der Waals surface area contributed by atoms with Crippen molar-refractivity contribution in [2.45, 2.75) is 32.9 Å². The Hall–Kier alpha value is -0.420. The Bertz CT molecular complexity index is 353. The second kappa shape index (κ2) is 7.24. The van der Waals surface area contributed by atoms with E-state index in [9.17, 15) is 0 Å². The van der Waals surface area contributed by atoms with Crippen molar-refractivity contribution in [2.24, 2.45) is 0 Å². The van der Waals surface area contributed by atoms with E-state index >= 15 is 0 Å². The highest BCUT2D eigenvalue weighted by Gasteiger charge is 2.22. The van der Waals surface area contributed by atoms with Gasteiger partial charge in [0, 0.05) is 35.4 Å². The molecule has 2 heterocycles. The third kappa shape index (κ3) is 3.79. The number of nitrogens with one attached hydrogen (secondary N) is 1. The number of nitrogens with zero attached hydrogens (tertiary/aromatic N) is 1. The van der Waals surface area contributed by atoms with Crippen molar-refractivity contribution in [3.8, 4) is 0 Å². The minimum absolute atomic E-state index is 0.519. The number of hydrogen-bond acceptors (Lipinski definition) is 4. The van der Waals surface area contributed by atoms with Gasteiger partial charge in [-0.3, -0.25) is 4.90 Å². The van der Waals surface area contributed by atoms with Crippen LogP contribution in [-0.2, 0) is 17.7 Å². The van der Waals surface area contributed by atoms with Gasteiger partial charge < -0.3 is 10.1 Å². The Morgan fingerprint density at radius 1 is 1.39 bits per heavy atom. The Morgan fingerprint density at radius 3 is 2.94 bits per heavy atom. The van der Waals surface area contributed by atoms with E-state index in [1.54, 1.807) is 0 Å². The number of ether oxygens (including phenoxy) is 1. The van der Waals surface area contributed by atoms with Crippen LogP contribution in [0.4, 0.5) is 0 Å². The van der Waals surface area contributed by atoms with Crippen LogP contribution in [0.25, 0.3) is 0 Å². The molecule has 1 aromatic rings. The number of rotatable bonds is 6. The molecule has 0 bridgehead atoms. The average Bonchev–Trinajstić information content (AvgIpc) is 2.85. The number of likely N-dealkylation sites (N-methyl/N-ethyl adjacent to an activating group) is 1. The summed E-state index contributed by atoms with van der Waals surface area (Å²) < 4.78 is 5.60. The van der Waals surface area contributed by atoms with Crippen LogP contribution < -0.4 is 5.32 Å². The summed E-state index contributed by atoms with van der Waals surface area (Å²) >= 11 is 1.95. The van der Waals surface area contributed by atoms with Crippen molar-refractivity contribution < 1.29 is 4.74 Å². The predicted octanol–water partition coefficient (Wildman–Crippen LogP) is 2.12. The summed E-state index contributed by atoms with van der Waals surface area (Å²) in [6.07, 6.45) is 1.15. The molecule has 102 valence electrons. The molecule has 1 atom stereocenters. The van der Waals surface area contributed by atoms with E-state index in [0.717, 1.165) is 45.8 Å². The zero-order valence-electron chi connectivity index (χ0n) is 11.4. The average molecular weight is 268 g/mol. The molecule has 0 saturated carbocycles. The number of hydrogen-bond donors (Lipinski definition) is 1. The van der Waals surface area contributed by atoms with Crippen LogP contribution >= 0.6 is 11.3 Å². The van der Waals surface area contributed by atoms with E-state index in [-0.39, 0.29) is 0 Å². The minimum atomic E-state index is 0.519. The second-order valence-electron chi connectivity index (χ2n) is 4.73. The number of aryl methyl sites for hydroxylation is 1. The van der Waals surface area contributed by atoms with Crippen LogP contribution in [0, 0.1) is 0 Å². The lowest BCUT2D eigenvalue weighted by Crippen LogP contribution is -2.49. The minimum Gasteiger partial charge on any atom is -0.378 e. The third-order valence-corrected chi connectivity index (χ3v) is 4.62. The van der Waals surface area contributed by atoms with E-state index in [0.29, 0.717) is 6.04 Å². The predicted molar refractivity (Wildman–Crippen MR) is 77.3 cm³/mol. The van der Waals surface area contributed by atoms with E-state index in [1.165, 1.54) is 9.75 Å². The molecular formula is C14H24N2OS. The first-order chi connectivity index (χ1) is 8.83. The van der Waals surface area contributed by atoms with E-state index < -0.39 is 0 Å². The molecule has 1 fully saturated rings. The zero-order valence-corrected chi connectivity index (χ0v) is 12.3. The lowest BCUT2D eigenvalue weighted by atomic mass is 10.2. The fraction of sp³-hybridized carbons (Fsp3) is 0.714. The summed E-state index contributed by atoms with van der Waals surface area (Å²) in [5.74, 6) is 0. The smallest absolute Gasteiger partial charge is 0.0635 e. The normalized spacial score (nSPS) is 21.3. The molecule has 1 aliphatic heterocycles. The summed E-state index contributed by atoms with van der Waals surface area (Å²) in [4.78, 5) is 5.52. The van der Waals surface area contributed by atoms with Crippen LogP contribution in [-0.4, -0.2) is 43.8 Å². The summed E-state index contributed by atoms with van der Waals surface area (Å²) in [6, 6.07) is 5.06. The number of morpholine rings is 1. The Kier molecular flexibility index (Phi) is 5.63. The van der Waals surface area contributed by atoms with Crippen molar-refractivity contribution in [3.63, 3.8) is 0 Å². The van der Waals surface area contributed by atoms with Crippen molar-refractivity contribution in [2.75, 3.05) is 32.8 Å². The molecule has 1 aliphatic rings. The van der Waals surface area contributed by atoms with Gasteiger partial charge in [-0.05, 0) is 25.1 Å². The van der Waals surface area contributed by atoms with E-state index in [4.69, 9.17) is 4.74 Å². The molecule has 0 aliphatic carbocycles. The first-order valence-electron chi connectivity index (χ1n) is 6.93. The maximum absolute atomic E-state index is 5.60. The van der Waals surface area contributed by atoms with Crippen LogP contribution in [0.1, 0.15) is 23.6 Å². The van der Waals surface area contributed by atoms with Gasteiger partial charge in [0.05, 0.1) is 13.2 Å². The number of thiophene rings is 1. The van der Waals surface area contributed by atoms with Gasteiger partial charge >= 0.3 is 0 Å². The molecule has 0 amide bonds. The second-order valence-corrected chi connectivity index (χ2v) is 5.98. The molecule has 1 aromatic heterocycles. The van der Waals surface area contributed by atoms with Crippen molar-refractivity contribution in [1.29, 1.82) is 0 Å². The molecule has 0 spiro atoms. The molecule has 1 unspecified atom stereocenters. The summed E-state index contributed by atoms with van der Waals surface area (Å²) in [7, 11) is 0. The Balaban J connectivity index is 1.91. The Labute approximate surface area is 114 Å². The first-order valence-corrected chi connectivity index (χ1v) is 7.75. The van der Waals surface area contributed by atoms with Gasteiger partial charge in [0.2, 0.25) is 0 Å². The zero-order chi connectivity index (χ0) is 12.8. The molecule has 3 nitrogen and oxygen atoms in total. The first kappa shape index (κ1) is 14.0. The lowest BCUT2D eigenvalue weighted by Gasteiger charge is -2.35. The van der Waals surface area contributed by atoms with Gasteiger partial charge in [-0.25, -0.2) is 0 Å². The fourth-order valence-corrected chi connectivity index (χ4v) is 3.28. The highest BCUT2D eigenvalue weighted by Crippen LogP contribution is 2.20. The molecule has 1 N–H and O–H groups in total. The van der Waals surface area contributed by atoms with Crippen LogP contribution in [0.5, 0.6) is 0 Å². The van der Waals surface area contributed by atoms with Crippen molar-refractivity contribution in [3.05, 3.63) is 21.9 Å². The lowest BCUT2D eigenvalue weighted by molar-refractivity contribution is -0.0103. The standard InChI is InChI=1S/C14H24N2OS/c1-3-13-5-6-14(18-13)10-16-7-8-17-11-12(16)9-15-4-2/h5-6,12,15H,3-4,7-11H2,1-2H3. The summed E-state index contributed by atoms with van der Waals surface area (Å²) in [5.41, 5.74) is 0. The van der Waals surface area contributed by atoms with Gasteiger partial charge in [0.25, 0.3) is 0 Å². The van der Waals surface area contributed by atoms with Gasteiger partial charge in [-0.15, -0.1) is 11.3 Å². The molecule has 18 heavy (non-hydrogen) atoms. The monoisotopic (exact) mass is 268 g/mol. The topological polar surface area (TPSA) is 24.5 Å². The Morgan fingerprint density at radius 2 is 2.22 bits per heavy atom. The van der Waals surface area contributed by atoms with Gasteiger partial charge in [-0.1, -0.05) is 13.8 Å². The van der Waals surface area contributed by atoms with Gasteiger partial charge in [0.15, 0.2) is 0 Å². The van der Waals surface area contributed by atoms with Crippen LogP contribution in [0.2, 0.25) is 0 Å². The highest BCUT2D eigenvalue weighted by atomic mass is 32.1. The molecule has 0 aromatic carbocycles. The van der Waals surface area contributed by atoms with Crippen molar-refractivity contribution in [1.82, 2.24) is 10.2 Å². The SMILES string of the molecule is CCNCC1COCCN1Cc1ccc(CC)s1. The maximum Gasteiger partial charge on any atom is 0.0635 e. The van der Waals surface area contributed by atoms with Gasteiger partial charge in [0.1, 0.15) is 0 Å². The summed E-state index contributed by atoms with van der Waals surface area (Å²) in [6.45, 7) is 10.3. The molecule has 2 rings (SSSR count). The molecule has 4 heteroatoms. The quantitative estimate of drug-likeness (QED) is 0.855. The molecular weight excluding hydrogens is 244 g/mol. The van der Waals surface area contributed by atoms with Crippen LogP contribution in [0.3, 0.4) is 0 Å². The molecule has 1 saturated heterocycles. The molecule has 0 radical (unpaired) electrons. The van der Waals surface area contributed by atoms with E-state index in [2.05, 4.69) is 36.2 Å². The van der Waals surface area contributed by atoms with Crippen molar-refractivity contribution >= 4 is 11.3 Å². The highest BCUT2D eigenvalue weighted by molar-refractivity contribution is 7.11. The third-order valence-electron chi connectivity index (χ3n) is 3.40. The fourth-order valence-electron chi connectivity index (χ4n) is 2.29. The van der Waals surface area contributed by atoms with E-state index in [1.807, 2.05) is 11.3 Å². The largest absolute Gasteiger partial charge is 0.378 e. The van der Waals surface area contributed by atoms with Gasteiger partial charge in [-0.2, -0.15) is 0 Å². The maximum atomic E-state index is 5.60.